The van der Waals surface area contributed by atoms with E-state index in [2.05, 4.69) is 46.4 Å². The Kier molecular flexibility index (Phi) is 8.53. The Bertz CT molecular complexity index is 1390. The van der Waals surface area contributed by atoms with Crippen molar-refractivity contribution in [2.45, 2.75) is 54.5 Å². The molecule has 36 heavy (non-hydrogen) atoms. The Balaban J connectivity index is 0.00000176. The molecule has 2 amide bonds. The number of aryl methyl sites for hydroxylation is 1. The second-order valence-electron chi connectivity index (χ2n) is 9.32. The molecule has 0 aliphatic heterocycles. The van der Waals surface area contributed by atoms with Gasteiger partial charge in [0.2, 0.25) is 0 Å². The minimum absolute atomic E-state index is 0.0264. The summed E-state index contributed by atoms with van der Waals surface area (Å²) in [6.07, 6.45) is 3.25. The molecule has 3 aromatic heterocycles. The third-order valence-corrected chi connectivity index (χ3v) is 7.15. The zero-order chi connectivity index (χ0) is 26.6. The van der Waals surface area contributed by atoms with Gasteiger partial charge in [-0.25, -0.2) is 9.97 Å². The molecule has 0 fully saturated rings. The molecule has 0 aliphatic carbocycles. The molecule has 190 valence electrons. The summed E-state index contributed by atoms with van der Waals surface area (Å²) in [7, 11) is 0. The largest absolute Gasteiger partial charge is 0.349 e. The van der Waals surface area contributed by atoms with Crippen molar-refractivity contribution >= 4 is 51.6 Å². The van der Waals surface area contributed by atoms with Gasteiger partial charge in [-0.1, -0.05) is 52.3 Å². The minimum Gasteiger partial charge on any atom is -0.349 e. The summed E-state index contributed by atoms with van der Waals surface area (Å²) in [6, 6.07) is 9.00. The maximum atomic E-state index is 12.9. The Morgan fingerprint density at radius 1 is 1.11 bits per heavy atom. The number of halogens is 1. The topological polar surface area (TPSA) is 99.8 Å². The number of fused-ring (bicyclic) bond motifs is 1. The Morgan fingerprint density at radius 3 is 2.50 bits per heavy atom. The predicted octanol–water partition coefficient (Wildman–Crippen LogP) is 7.09. The fourth-order valence-corrected chi connectivity index (χ4v) is 4.32. The van der Waals surface area contributed by atoms with Crippen LogP contribution in [0.2, 0.25) is 5.02 Å². The Labute approximate surface area is 220 Å². The predicted molar refractivity (Wildman–Crippen MR) is 149 cm³/mol. The van der Waals surface area contributed by atoms with E-state index in [4.69, 9.17) is 11.6 Å². The van der Waals surface area contributed by atoms with Crippen LogP contribution in [0.15, 0.2) is 42.7 Å². The normalized spacial score (nSPS) is 12.0. The lowest BCUT2D eigenvalue weighted by atomic mass is 9.88. The molecule has 1 unspecified atom stereocenters. The van der Waals surface area contributed by atoms with Crippen LogP contribution in [0.4, 0.5) is 5.69 Å². The van der Waals surface area contributed by atoms with Crippen molar-refractivity contribution < 1.29 is 9.59 Å². The number of rotatable bonds is 5. The van der Waals surface area contributed by atoms with E-state index in [9.17, 15) is 9.59 Å². The summed E-state index contributed by atoms with van der Waals surface area (Å²) in [4.78, 5) is 39.0. The van der Waals surface area contributed by atoms with E-state index in [-0.39, 0.29) is 23.3 Å². The van der Waals surface area contributed by atoms with E-state index in [1.807, 2.05) is 39.8 Å². The van der Waals surface area contributed by atoms with Gasteiger partial charge >= 0.3 is 0 Å². The first-order valence-corrected chi connectivity index (χ1v) is 13.0. The minimum atomic E-state index is -0.256. The molecule has 7 nitrogen and oxygen atoms in total. The van der Waals surface area contributed by atoms with E-state index in [1.54, 1.807) is 30.6 Å². The molecule has 1 aromatic carbocycles. The van der Waals surface area contributed by atoms with Crippen molar-refractivity contribution in [1.82, 2.24) is 20.3 Å². The molecule has 9 heteroatoms. The Morgan fingerprint density at radius 2 is 1.83 bits per heavy atom. The van der Waals surface area contributed by atoms with Crippen LogP contribution in [0, 0.1) is 12.3 Å². The maximum absolute atomic E-state index is 12.9. The zero-order valence-corrected chi connectivity index (χ0v) is 23.2. The average Bonchev–Trinajstić information content (AvgIpc) is 3.48. The number of thiophene rings is 1. The number of carbonyl (C=O) groups excluding carboxylic acids is 2. The van der Waals surface area contributed by atoms with Gasteiger partial charge in [-0.2, -0.15) is 0 Å². The molecule has 1 atom stereocenters. The smallest absolute Gasteiger partial charge is 0.265 e. The summed E-state index contributed by atoms with van der Waals surface area (Å²) in [5.74, 6) is -0.463. The number of nitrogens with zero attached hydrogens (tertiary/aromatic N) is 2. The van der Waals surface area contributed by atoms with E-state index >= 15 is 0 Å². The quantitative estimate of drug-likeness (QED) is 0.259. The number of hydrogen-bond acceptors (Lipinski definition) is 5. The van der Waals surface area contributed by atoms with Crippen LogP contribution in [0.5, 0.6) is 0 Å². The molecule has 0 radical (unpaired) electrons. The van der Waals surface area contributed by atoms with Crippen molar-refractivity contribution in [3.05, 3.63) is 63.8 Å². The molecule has 0 aliphatic rings. The zero-order valence-electron chi connectivity index (χ0n) is 21.6. The first-order valence-electron chi connectivity index (χ1n) is 11.9. The van der Waals surface area contributed by atoms with E-state index < -0.39 is 0 Å². The van der Waals surface area contributed by atoms with Crippen LogP contribution in [0.3, 0.4) is 0 Å². The van der Waals surface area contributed by atoms with Gasteiger partial charge in [0.25, 0.3) is 11.8 Å². The Hall–Kier alpha value is -3.23. The van der Waals surface area contributed by atoms with E-state index in [0.29, 0.717) is 38.0 Å². The van der Waals surface area contributed by atoms with Crippen LogP contribution >= 0.6 is 22.9 Å². The third kappa shape index (κ3) is 6.12. The average molecular weight is 526 g/mol. The van der Waals surface area contributed by atoms with Crippen LogP contribution in [-0.4, -0.2) is 32.8 Å². The highest BCUT2D eigenvalue weighted by molar-refractivity contribution is 7.17. The van der Waals surface area contributed by atoms with Gasteiger partial charge in [-0.05, 0) is 49.1 Å². The van der Waals surface area contributed by atoms with Gasteiger partial charge in [0.15, 0.2) is 5.65 Å². The van der Waals surface area contributed by atoms with Gasteiger partial charge in [-0.15, -0.1) is 11.3 Å². The highest BCUT2D eigenvalue weighted by Gasteiger charge is 2.24. The molecule has 4 aromatic rings. The number of carbonyl (C=O) groups is 2. The van der Waals surface area contributed by atoms with E-state index in [1.165, 1.54) is 11.3 Å². The molecule has 3 heterocycles. The van der Waals surface area contributed by atoms with Gasteiger partial charge in [0, 0.05) is 12.2 Å². The number of benzene rings is 1. The van der Waals surface area contributed by atoms with Crippen molar-refractivity contribution in [2.24, 2.45) is 5.41 Å². The lowest BCUT2D eigenvalue weighted by Gasteiger charge is -2.27. The van der Waals surface area contributed by atoms with Crippen LogP contribution in [0.25, 0.3) is 21.7 Å². The van der Waals surface area contributed by atoms with Gasteiger partial charge in [0.05, 0.1) is 37.9 Å². The van der Waals surface area contributed by atoms with Crippen LogP contribution in [0.1, 0.15) is 67.1 Å². The van der Waals surface area contributed by atoms with Gasteiger partial charge < -0.3 is 15.6 Å². The number of nitrogens with one attached hydrogen (secondary N) is 3. The summed E-state index contributed by atoms with van der Waals surface area (Å²) < 4.78 is 0. The molecule has 0 bridgehead atoms. The van der Waals surface area contributed by atoms with Gasteiger partial charge in [-0.3, -0.25) is 9.59 Å². The highest BCUT2D eigenvalue weighted by atomic mass is 35.5. The second-order valence-corrected chi connectivity index (χ2v) is 10.8. The molecule has 0 saturated heterocycles. The first kappa shape index (κ1) is 27.4. The second kappa shape index (κ2) is 11.2. The summed E-state index contributed by atoms with van der Waals surface area (Å²) >= 11 is 7.53. The first-order chi connectivity index (χ1) is 17.0. The summed E-state index contributed by atoms with van der Waals surface area (Å²) in [6.45, 7) is 14.1. The highest BCUT2D eigenvalue weighted by Crippen LogP contribution is 2.30. The number of aromatic amines is 1. The molecule has 4 rings (SSSR count). The molecular weight excluding hydrogens is 494 g/mol. The van der Waals surface area contributed by atoms with Crippen molar-refractivity contribution in [3.8, 4) is 10.6 Å². The van der Waals surface area contributed by atoms with Crippen molar-refractivity contribution in [2.75, 3.05) is 5.32 Å². The summed E-state index contributed by atoms with van der Waals surface area (Å²) in [5.41, 5.74) is 3.53. The van der Waals surface area contributed by atoms with Crippen molar-refractivity contribution in [1.29, 1.82) is 0 Å². The fourth-order valence-electron chi connectivity index (χ4n) is 3.18. The molecule has 3 N–H and O–H groups in total. The monoisotopic (exact) mass is 525 g/mol. The van der Waals surface area contributed by atoms with Crippen molar-refractivity contribution in [3.63, 3.8) is 0 Å². The maximum Gasteiger partial charge on any atom is 0.265 e. The number of aromatic nitrogens is 3. The molecule has 0 spiro atoms. The number of amides is 2. The number of hydrogen-bond donors (Lipinski definition) is 3. The summed E-state index contributed by atoms with van der Waals surface area (Å²) in [5, 5.41) is 6.37. The SMILES string of the molecule is CC.Cc1ccc(NC(=O)c2ccc(-c3cnc4[nH]cc(C(=O)NC(C)C(C)(C)C)c4n3)s2)c(Cl)c1. The van der Waals surface area contributed by atoms with Crippen LogP contribution in [-0.2, 0) is 0 Å². The molecular formula is C27H32ClN5O2S. The standard InChI is InChI=1S/C25H26ClN5O2S.C2H6/c1-13-6-7-17(16(26)10-13)31-24(33)20-9-8-19(34-20)18-12-28-22-21(30-18)15(11-27-22)23(32)29-14(2)25(3,4)5;1-2/h6-12,14H,1-5H3,(H,27,28)(H,29,32)(H,31,33);1-2H3. The van der Waals surface area contributed by atoms with Gasteiger partial charge in [0.1, 0.15) is 5.52 Å². The van der Waals surface area contributed by atoms with Crippen LogP contribution < -0.4 is 10.6 Å². The van der Waals surface area contributed by atoms with E-state index in [0.717, 1.165) is 10.4 Å². The lowest BCUT2D eigenvalue weighted by molar-refractivity contribution is 0.0911. The third-order valence-electron chi connectivity index (χ3n) is 5.73. The fraction of sp³-hybridized carbons (Fsp3) is 0.333. The number of anilines is 1. The number of H-pyrrole nitrogens is 1. The lowest BCUT2D eigenvalue weighted by Crippen LogP contribution is -2.41. The molecule has 0 saturated carbocycles.